The molecule has 2 heterocycles. The van der Waals surface area contributed by atoms with Crippen molar-refractivity contribution in [3.8, 4) is 0 Å². The first-order chi connectivity index (χ1) is 8.09. The van der Waals surface area contributed by atoms with Gasteiger partial charge in [-0.25, -0.2) is 4.98 Å². The summed E-state index contributed by atoms with van der Waals surface area (Å²) in [4.78, 5) is 21.1. The van der Waals surface area contributed by atoms with Crippen molar-refractivity contribution in [3.63, 3.8) is 0 Å². The Kier molecular flexibility index (Phi) is 3.39. The van der Waals surface area contributed by atoms with E-state index in [1.807, 2.05) is 13.8 Å². The minimum absolute atomic E-state index is 0.168. The van der Waals surface area contributed by atoms with Gasteiger partial charge in [-0.2, -0.15) is 0 Å². The Morgan fingerprint density at radius 2 is 2.35 bits per heavy atom. The van der Waals surface area contributed by atoms with Crippen LogP contribution in [0.25, 0.3) is 11.2 Å². The van der Waals surface area contributed by atoms with Crippen LogP contribution in [0.3, 0.4) is 0 Å². The van der Waals surface area contributed by atoms with Gasteiger partial charge in [-0.05, 0) is 26.1 Å². The van der Waals surface area contributed by atoms with Gasteiger partial charge in [0.25, 0.3) is 5.56 Å². The van der Waals surface area contributed by atoms with Crippen LogP contribution in [0.15, 0.2) is 11.1 Å². The zero-order valence-electron chi connectivity index (χ0n) is 9.69. The van der Waals surface area contributed by atoms with Crippen LogP contribution in [0.4, 0.5) is 0 Å². The molecule has 0 saturated carbocycles. The van der Waals surface area contributed by atoms with Gasteiger partial charge < -0.3 is 9.72 Å². The molecule has 0 fully saturated rings. The molecular formula is C10H14N4O2S. The summed E-state index contributed by atoms with van der Waals surface area (Å²) in [5.74, 6) is 0. The van der Waals surface area contributed by atoms with Gasteiger partial charge in [-0.3, -0.25) is 14.3 Å². The fourth-order valence-corrected chi connectivity index (χ4v) is 1.84. The van der Waals surface area contributed by atoms with E-state index in [4.69, 9.17) is 17.0 Å². The molecule has 0 aliphatic rings. The standard InChI is InChI=1S/C10H14N4O2S/c1-6(2)16-4-3-14-8-7(11-5-12-8)9(15)13-10(14)17/h5-6H,3-4H2,1-2H3,(H,11,12)(H,13,15,17). The van der Waals surface area contributed by atoms with Crippen LogP contribution < -0.4 is 5.56 Å². The average Bonchev–Trinajstić information content (AvgIpc) is 2.71. The van der Waals surface area contributed by atoms with E-state index in [1.165, 1.54) is 6.33 Å². The molecule has 17 heavy (non-hydrogen) atoms. The van der Waals surface area contributed by atoms with Crippen molar-refractivity contribution in [2.75, 3.05) is 6.61 Å². The smallest absolute Gasteiger partial charge is 0.277 e. The number of ether oxygens (including phenoxy) is 1. The second-order valence-electron chi connectivity index (χ2n) is 3.93. The number of nitrogens with zero attached hydrogens (tertiary/aromatic N) is 2. The topological polar surface area (TPSA) is 75.7 Å². The third-order valence-electron chi connectivity index (χ3n) is 2.33. The molecule has 0 bridgehead atoms. The largest absolute Gasteiger partial charge is 0.377 e. The fourth-order valence-electron chi connectivity index (χ4n) is 1.57. The molecule has 0 amide bonds. The normalized spacial score (nSPS) is 11.5. The molecule has 0 saturated heterocycles. The Hall–Kier alpha value is -1.47. The molecule has 2 aromatic rings. The summed E-state index contributed by atoms with van der Waals surface area (Å²) < 4.78 is 7.58. The third kappa shape index (κ3) is 2.45. The second kappa shape index (κ2) is 4.80. The second-order valence-corrected chi connectivity index (χ2v) is 4.32. The minimum Gasteiger partial charge on any atom is -0.377 e. The van der Waals surface area contributed by atoms with Gasteiger partial charge in [-0.1, -0.05) is 0 Å². The summed E-state index contributed by atoms with van der Waals surface area (Å²) in [7, 11) is 0. The highest BCUT2D eigenvalue weighted by Gasteiger charge is 2.07. The Bertz CT molecular complexity index is 625. The number of hydrogen-bond donors (Lipinski definition) is 2. The number of fused-ring (bicyclic) bond motifs is 1. The molecule has 0 radical (unpaired) electrons. The highest BCUT2D eigenvalue weighted by atomic mass is 32.1. The van der Waals surface area contributed by atoms with E-state index in [0.29, 0.717) is 29.1 Å². The molecule has 7 heteroatoms. The number of hydrogen-bond acceptors (Lipinski definition) is 4. The van der Waals surface area contributed by atoms with Crippen LogP contribution in [-0.4, -0.2) is 32.2 Å². The number of aromatic nitrogens is 4. The molecule has 0 aliphatic heterocycles. The number of nitrogens with one attached hydrogen (secondary N) is 2. The zero-order chi connectivity index (χ0) is 12.4. The van der Waals surface area contributed by atoms with Gasteiger partial charge in [0, 0.05) is 0 Å². The van der Waals surface area contributed by atoms with Crippen LogP contribution in [0.1, 0.15) is 13.8 Å². The van der Waals surface area contributed by atoms with E-state index in [0.717, 1.165) is 0 Å². The molecule has 0 unspecified atom stereocenters. The van der Waals surface area contributed by atoms with Crippen molar-refractivity contribution in [1.29, 1.82) is 0 Å². The van der Waals surface area contributed by atoms with Crippen LogP contribution >= 0.6 is 12.2 Å². The van der Waals surface area contributed by atoms with Crippen molar-refractivity contribution in [3.05, 3.63) is 21.5 Å². The summed E-state index contributed by atoms with van der Waals surface area (Å²) in [5, 5.41) is 0. The minimum atomic E-state index is -0.247. The van der Waals surface area contributed by atoms with Crippen molar-refractivity contribution in [2.24, 2.45) is 0 Å². The van der Waals surface area contributed by atoms with Crippen molar-refractivity contribution in [1.82, 2.24) is 19.5 Å². The zero-order valence-corrected chi connectivity index (χ0v) is 10.5. The van der Waals surface area contributed by atoms with Crippen molar-refractivity contribution in [2.45, 2.75) is 26.5 Å². The van der Waals surface area contributed by atoms with Gasteiger partial charge >= 0.3 is 0 Å². The van der Waals surface area contributed by atoms with Crippen molar-refractivity contribution < 1.29 is 4.74 Å². The van der Waals surface area contributed by atoms with E-state index in [-0.39, 0.29) is 11.7 Å². The van der Waals surface area contributed by atoms with Crippen LogP contribution in [-0.2, 0) is 11.3 Å². The number of imidazole rings is 1. The summed E-state index contributed by atoms with van der Waals surface area (Å²) >= 11 is 5.11. The third-order valence-corrected chi connectivity index (χ3v) is 2.66. The van der Waals surface area contributed by atoms with Gasteiger partial charge in [0.15, 0.2) is 10.4 Å². The molecule has 2 N–H and O–H groups in total. The van der Waals surface area contributed by atoms with E-state index in [2.05, 4.69) is 15.0 Å². The van der Waals surface area contributed by atoms with Crippen LogP contribution in [0.2, 0.25) is 0 Å². The fraction of sp³-hybridized carbons (Fsp3) is 0.500. The quantitative estimate of drug-likeness (QED) is 0.804. The monoisotopic (exact) mass is 254 g/mol. The Morgan fingerprint density at radius 1 is 1.59 bits per heavy atom. The molecule has 2 aromatic heterocycles. The lowest BCUT2D eigenvalue weighted by Crippen LogP contribution is -2.17. The SMILES string of the molecule is CC(C)OCCn1c(=S)[nH]c(=O)c2[nH]cnc21. The predicted molar refractivity (Wildman–Crippen MR) is 66.6 cm³/mol. The van der Waals surface area contributed by atoms with Gasteiger partial charge in [0.05, 0.1) is 25.6 Å². The summed E-state index contributed by atoms with van der Waals surface area (Å²) in [6, 6.07) is 0. The molecular weight excluding hydrogens is 240 g/mol. The van der Waals surface area contributed by atoms with Gasteiger partial charge in [0.2, 0.25) is 0 Å². The molecule has 0 spiro atoms. The van der Waals surface area contributed by atoms with E-state index >= 15 is 0 Å². The molecule has 2 rings (SSSR count). The van der Waals surface area contributed by atoms with E-state index in [9.17, 15) is 4.79 Å². The first-order valence-electron chi connectivity index (χ1n) is 5.37. The highest BCUT2D eigenvalue weighted by molar-refractivity contribution is 7.71. The molecule has 0 aromatic carbocycles. The predicted octanol–water partition coefficient (Wildman–Crippen LogP) is 1.21. The highest BCUT2D eigenvalue weighted by Crippen LogP contribution is 2.04. The number of H-pyrrole nitrogens is 2. The average molecular weight is 254 g/mol. The Labute approximate surface area is 103 Å². The lowest BCUT2D eigenvalue weighted by molar-refractivity contribution is 0.0729. The number of aromatic amines is 2. The molecule has 6 nitrogen and oxygen atoms in total. The van der Waals surface area contributed by atoms with Gasteiger partial charge in [-0.15, -0.1) is 0 Å². The Morgan fingerprint density at radius 3 is 3.06 bits per heavy atom. The maximum atomic E-state index is 11.6. The maximum absolute atomic E-state index is 11.6. The first-order valence-corrected chi connectivity index (χ1v) is 5.78. The van der Waals surface area contributed by atoms with Crippen LogP contribution in [0, 0.1) is 4.77 Å². The summed E-state index contributed by atoms with van der Waals surface area (Å²) in [5.41, 5.74) is 0.748. The molecule has 0 aliphatic carbocycles. The first kappa shape index (κ1) is 12.0. The lowest BCUT2D eigenvalue weighted by Gasteiger charge is -2.10. The van der Waals surface area contributed by atoms with E-state index < -0.39 is 0 Å². The summed E-state index contributed by atoms with van der Waals surface area (Å²) in [6.45, 7) is 5.03. The van der Waals surface area contributed by atoms with Crippen LogP contribution in [0.5, 0.6) is 0 Å². The van der Waals surface area contributed by atoms with Crippen molar-refractivity contribution >= 4 is 23.4 Å². The Balaban J connectivity index is 2.36. The summed E-state index contributed by atoms with van der Waals surface area (Å²) in [6.07, 6.45) is 1.65. The molecule has 92 valence electrons. The van der Waals surface area contributed by atoms with Gasteiger partial charge in [0.1, 0.15) is 5.52 Å². The van der Waals surface area contributed by atoms with E-state index in [1.54, 1.807) is 4.57 Å². The maximum Gasteiger partial charge on any atom is 0.277 e. The number of rotatable bonds is 4. The molecule has 0 atom stereocenters. The lowest BCUT2D eigenvalue weighted by atomic mass is 10.5.